The molecule has 0 nitrogen and oxygen atoms in total. The minimum absolute atomic E-state index is 0.541. The van der Waals surface area contributed by atoms with E-state index in [1.807, 2.05) is 0 Å². The zero-order chi connectivity index (χ0) is 12.1. The zero-order valence-corrected chi connectivity index (χ0v) is 12.1. The molecule has 0 amide bonds. The average Bonchev–Trinajstić information content (AvgIpc) is 2.17. The molecule has 0 aromatic rings. The predicted molar refractivity (Wildman–Crippen MR) is 71.1 cm³/mol. The van der Waals surface area contributed by atoms with Crippen molar-refractivity contribution < 1.29 is 0 Å². The third-order valence-corrected chi connectivity index (χ3v) is 4.68. The summed E-state index contributed by atoms with van der Waals surface area (Å²) in [5, 5.41) is 0. The van der Waals surface area contributed by atoms with E-state index in [1.54, 1.807) is 0 Å². The molecule has 0 aliphatic heterocycles. The van der Waals surface area contributed by atoms with E-state index in [1.165, 1.54) is 25.7 Å². The molecule has 0 spiro atoms. The van der Waals surface area contributed by atoms with Crippen molar-refractivity contribution in [3.63, 3.8) is 0 Å². The third-order valence-electron chi connectivity index (χ3n) is 4.68. The lowest BCUT2D eigenvalue weighted by molar-refractivity contribution is 0.0629. The lowest BCUT2D eigenvalue weighted by Gasteiger charge is -2.43. The second kappa shape index (κ2) is 6.55. The fraction of sp³-hybridized carbons (Fsp3) is 1.00. The first kappa shape index (κ1) is 15.0. The van der Waals surface area contributed by atoms with Gasteiger partial charge < -0.3 is 0 Å². The highest BCUT2D eigenvalue weighted by Gasteiger charge is 2.36. The summed E-state index contributed by atoms with van der Waals surface area (Å²) in [6.07, 6.45) is 5.41. The summed E-state index contributed by atoms with van der Waals surface area (Å²) in [6, 6.07) is 0. The summed E-state index contributed by atoms with van der Waals surface area (Å²) in [5.41, 5.74) is 0.541. The Morgan fingerprint density at radius 3 is 1.80 bits per heavy atom. The second-order valence-electron chi connectivity index (χ2n) is 5.98. The van der Waals surface area contributed by atoms with Crippen molar-refractivity contribution in [2.24, 2.45) is 23.2 Å². The van der Waals surface area contributed by atoms with E-state index in [0.717, 1.165) is 17.8 Å². The highest BCUT2D eigenvalue weighted by Crippen LogP contribution is 2.45. The molecule has 3 atom stereocenters. The molecule has 0 aliphatic carbocycles. The number of hydrogen-bond donors (Lipinski definition) is 0. The van der Waals surface area contributed by atoms with Crippen LogP contribution in [0, 0.1) is 23.2 Å². The molecule has 0 fully saturated rings. The van der Waals surface area contributed by atoms with Gasteiger partial charge in [-0.1, -0.05) is 67.7 Å². The summed E-state index contributed by atoms with van der Waals surface area (Å²) < 4.78 is 0. The lowest BCUT2D eigenvalue weighted by Crippen LogP contribution is -2.35. The van der Waals surface area contributed by atoms with E-state index in [-0.39, 0.29) is 0 Å². The molecular formula is C15H32. The zero-order valence-electron chi connectivity index (χ0n) is 12.1. The standard InChI is InChI=1S/C15H32/c1-8-10-13(5)15(7,11-9-2)14(6)12(3)4/h12-14H,8-11H2,1-7H3. The van der Waals surface area contributed by atoms with Crippen LogP contribution >= 0.6 is 0 Å². The monoisotopic (exact) mass is 212 g/mol. The topological polar surface area (TPSA) is 0 Å². The largest absolute Gasteiger partial charge is 0.0654 e. The molecule has 0 saturated heterocycles. The smallest absolute Gasteiger partial charge is 0.0272 e. The summed E-state index contributed by atoms with van der Waals surface area (Å²) in [4.78, 5) is 0. The molecule has 92 valence electrons. The molecule has 0 radical (unpaired) electrons. The van der Waals surface area contributed by atoms with Crippen LogP contribution in [0.15, 0.2) is 0 Å². The highest BCUT2D eigenvalue weighted by atomic mass is 14.4. The molecular weight excluding hydrogens is 180 g/mol. The Morgan fingerprint density at radius 2 is 1.47 bits per heavy atom. The van der Waals surface area contributed by atoms with Crippen LogP contribution in [0.5, 0.6) is 0 Å². The van der Waals surface area contributed by atoms with E-state index in [9.17, 15) is 0 Å². The van der Waals surface area contributed by atoms with Gasteiger partial charge in [-0.25, -0.2) is 0 Å². The van der Waals surface area contributed by atoms with E-state index < -0.39 is 0 Å². The second-order valence-corrected chi connectivity index (χ2v) is 5.98. The quantitative estimate of drug-likeness (QED) is 0.521. The number of rotatable bonds is 7. The Balaban J connectivity index is 4.70. The van der Waals surface area contributed by atoms with Gasteiger partial charge >= 0.3 is 0 Å². The Hall–Kier alpha value is 0. The Morgan fingerprint density at radius 1 is 0.933 bits per heavy atom. The summed E-state index contributed by atoms with van der Waals surface area (Å²) in [6.45, 7) is 16.8. The maximum absolute atomic E-state index is 2.52. The molecule has 3 unspecified atom stereocenters. The molecule has 0 aromatic heterocycles. The van der Waals surface area contributed by atoms with E-state index in [0.29, 0.717) is 5.41 Å². The van der Waals surface area contributed by atoms with Crippen LogP contribution < -0.4 is 0 Å². The van der Waals surface area contributed by atoms with Gasteiger partial charge in [-0.15, -0.1) is 0 Å². The first-order valence-corrected chi connectivity index (χ1v) is 6.90. The van der Waals surface area contributed by atoms with Crippen molar-refractivity contribution in [3.05, 3.63) is 0 Å². The molecule has 0 rings (SSSR count). The molecule has 0 bridgehead atoms. The van der Waals surface area contributed by atoms with E-state index in [2.05, 4.69) is 48.5 Å². The van der Waals surface area contributed by atoms with Crippen molar-refractivity contribution in [1.82, 2.24) is 0 Å². The van der Waals surface area contributed by atoms with Crippen LogP contribution in [0.4, 0.5) is 0 Å². The van der Waals surface area contributed by atoms with Gasteiger partial charge in [0, 0.05) is 0 Å². The van der Waals surface area contributed by atoms with Gasteiger partial charge in [0.1, 0.15) is 0 Å². The molecule has 0 aliphatic rings. The van der Waals surface area contributed by atoms with E-state index in [4.69, 9.17) is 0 Å². The van der Waals surface area contributed by atoms with Gasteiger partial charge in [0.05, 0.1) is 0 Å². The van der Waals surface area contributed by atoms with Crippen molar-refractivity contribution in [2.45, 2.75) is 74.1 Å². The molecule has 0 aromatic carbocycles. The van der Waals surface area contributed by atoms with Gasteiger partial charge in [-0.2, -0.15) is 0 Å². The fourth-order valence-corrected chi connectivity index (χ4v) is 2.99. The molecule has 15 heavy (non-hydrogen) atoms. The summed E-state index contributed by atoms with van der Waals surface area (Å²) in [5.74, 6) is 2.50. The minimum Gasteiger partial charge on any atom is -0.0654 e. The number of hydrogen-bond acceptors (Lipinski definition) is 0. The van der Waals surface area contributed by atoms with Crippen LogP contribution in [0.3, 0.4) is 0 Å². The lowest BCUT2D eigenvalue weighted by atomic mass is 9.62. The van der Waals surface area contributed by atoms with Crippen LogP contribution in [0.1, 0.15) is 74.1 Å². The Labute approximate surface area is 97.8 Å². The average molecular weight is 212 g/mol. The van der Waals surface area contributed by atoms with Crippen LogP contribution in [-0.2, 0) is 0 Å². The molecule has 0 saturated carbocycles. The minimum atomic E-state index is 0.541. The normalized spacial score (nSPS) is 20.0. The van der Waals surface area contributed by atoms with Crippen molar-refractivity contribution in [1.29, 1.82) is 0 Å². The van der Waals surface area contributed by atoms with Crippen LogP contribution in [0.25, 0.3) is 0 Å². The van der Waals surface area contributed by atoms with Gasteiger partial charge in [0.15, 0.2) is 0 Å². The highest BCUT2D eigenvalue weighted by molar-refractivity contribution is 4.85. The van der Waals surface area contributed by atoms with E-state index >= 15 is 0 Å². The fourth-order valence-electron chi connectivity index (χ4n) is 2.99. The van der Waals surface area contributed by atoms with Crippen molar-refractivity contribution in [3.8, 4) is 0 Å². The van der Waals surface area contributed by atoms with Crippen molar-refractivity contribution >= 4 is 0 Å². The van der Waals surface area contributed by atoms with Gasteiger partial charge in [-0.3, -0.25) is 0 Å². The Bertz CT molecular complexity index is 159. The van der Waals surface area contributed by atoms with Crippen LogP contribution in [0.2, 0.25) is 0 Å². The SMILES string of the molecule is CCCC(C)C(C)(CCC)C(C)C(C)C. The molecule has 0 heteroatoms. The first-order chi connectivity index (χ1) is 6.90. The van der Waals surface area contributed by atoms with Gasteiger partial charge in [0.25, 0.3) is 0 Å². The maximum Gasteiger partial charge on any atom is -0.0272 e. The predicted octanol–water partition coefficient (Wildman–Crippen LogP) is 5.52. The summed E-state index contributed by atoms with van der Waals surface area (Å²) in [7, 11) is 0. The van der Waals surface area contributed by atoms with Crippen LogP contribution in [-0.4, -0.2) is 0 Å². The Kier molecular flexibility index (Phi) is 6.55. The third kappa shape index (κ3) is 3.81. The van der Waals surface area contributed by atoms with Gasteiger partial charge in [-0.05, 0) is 29.6 Å². The van der Waals surface area contributed by atoms with Gasteiger partial charge in [0.2, 0.25) is 0 Å². The summed E-state index contributed by atoms with van der Waals surface area (Å²) >= 11 is 0. The molecule has 0 N–H and O–H groups in total. The van der Waals surface area contributed by atoms with Crippen molar-refractivity contribution in [2.75, 3.05) is 0 Å². The first-order valence-electron chi connectivity index (χ1n) is 6.90. The maximum atomic E-state index is 2.52. The molecule has 0 heterocycles.